The third kappa shape index (κ3) is 5.18. The van der Waals surface area contributed by atoms with Crippen LogP contribution in [0.5, 0.6) is 0 Å². The average Bonchev–Trinajstić information content (AvgIpc) is 3.29. The molecular formula is C24H25N7O4. The van der Waals surface area contributed by atoms with E-state index in [9.17, 15) is 19.2 Å². The minimum absolute atomic E-state index is 0.196. The lowest BCUT2D eigenvalue weighted by Gasteiger charge is -2.09. The SMILES string of the molecule is Cn1c(=O)c2c(ncn2CCCC(=O)Nc2cccc(C(=O)NCc3ccccn3)c2)n(C)c1=O. The molecule has 0 spiro atoms. The van der Waals surface area contributed by atoms with E-state index in [1.165, 1.54) is 17.9 Å². The molecule has 2 amide bonds. The second kappa shape index (κ2) is 10.2. The number of carbonyl (C=O) groups is 2. The summed E-state index contributed by atoms with van der Waals surface area (Å²) in [5.41, 5.74) is 1.43. The predicted molar refractivity (Wildman–Crippen MR) is 130 cm³/mol. The Bertz CT molecular complexity index is 1500. The van der Waals surface area contributed by atoms with Crippen LogP contribution in [0.1, 0.15) is 28.9 Å². The third-order valence-corrected chi connectivity index (χ3v) is 5.58. The van der Waals surface area contributed by atoms with Gasteiger partial charge in [0.05, 0.1) is 18.6 Å². The lowest BCUT2D eigenvalue weighted by atomic mass is 10.1. The van der Waals surface area contributed by atoms with Crippen LogP contribution in [0, 0.1) is 0 Å². The zero-order valence-electron chi connectivity index (χ0n) is 19.4. The number of hydrogen-bond acceptors (Lipinski definition) is 6. The van der Waals surface area contributed by atoms with Crippen LogP contribution >= 0.6 is 0 Å². The zero-order valence-corrected chi connectivity index (χ0v) is 19.4. The van der Waals surface area contributed by atoms with E-state index in [0.717, 1.165) is 10.3 Å². The van der Waals surface area contributed by atoms with Gasteiger partial charge in [-0.15, -0.1) is 0 Å². The number of nitrogens with one attached hydrogen (secondary N) is 2. The van der Waals surface area contributed by atoms with Crippen LogP contribution in [0.2, 0.25) is 0 Å². The molecule has 0 fully saturated rings. The van der Waals surface area contributed by atoms with E-state index in [-0.39, 0.29) is 18.2 Å². The van der Waals surface area contributed by atoms with E-state index in [4.69, 9.17) is 0 Å². The number of aryl methyl sites for hydroxylation is 2. The maximum atomic E-state index is 12.5. The molecule has 0 bridgehead atoms. The molecule has 3 heterocycles. The van der Waals surface area contributed by atoms with Crippen molar-refractivity contribution in [2.75, 3.05) is 5.32 Å². The number of benzene rings is 1. The summed E-state index contributed by atoms with van der Waals surface area (Å²) in [4.78, 5) is 57.8. The molecular weight excluding hydrogens is 450 g/mol. The summed E-state index contributed by atoms with van der Waals surface area (Å²) < 4.78 is 4.00. The largest absolute Gasteiger partial charge is 0.346 e. The van der Waals surface area contributed by atoms with Gasteiger partial charge in [-0.25, -0.2) is 9.78 Å². The lowest BCUT2D eigenvalue weighted by molar-refractivity contribution is -0.116. The number of nitrogens with zero attached hydrogens (tertiary/aromatic N) is 5. The molecule has 180 valence electrons. The number of aromatic nitrogens is 5. The van der Waals surface area contributed by atoms with Gasteiger partial charge in [-0.05, 0) is 36.8 Å². The topological polar surface area (TPSA) is 133 Å². The fourth-order valence-corrected chi connectivity index (χ4v) is 3.71. The van der Waals surface area contributed by atoms with Gasteiger partial charge in [0.25, 0.3) is 11.5 Å². The van der Waals surface area contributed by atoms with Gasteiger partial charge in [0.15, 0.2) is 11.2 Å². The van der Waals surface area contributed by atoms with Crippen LogP contribution in [0.25, 0.3) is 11.2 Å². The highest BCUT2D eigenvalue weighted by Crippen LogP contribution is 2.13. The first-order valence-electron chi connectivity index (χ1n) is 11.0. The molecule has 0 aliphatic heterocycles. The van der Waals surface area contributed by atoms with Gasteiger partial charge in [-0.3, -0.25) is 28.5 Å². The molecule has 0 unspecified atom stereocenters. The van der Waals surface area contributed by atoms with Gasteiger partial charge in [0.2, 0.25) is 5.91 Å². The van der Waals surface area contributed by atoms with Crippen molar-refractivity contribution >= 4 is 28.7 Å². The molecule has 0 saturated heterocycles. The van der Waals surface area contributed by atoms with Crippen LogP contribution in [-0.4, -0.2) is 35.5 Å². The molecule has 0 aliphatic carbocycles. The monoisotopic (exact) mass is 475 g/mol. The normalized spacial score (nSPS) is 10.9. The van der Waals surface area contributed by atoms with Crippen LogP contribution < -0.4 is 21.9 Å². The van der Waals surface area contributed by atoms with Gasteiger partial charge in [0, 0.05) is 44.5 Å². The summed E-state index contributed by atoms with van der Waals surface area (Å²) in [6, 6.07) is 12.2. The summed E-state index contributed by atoms with van der Waals surface area (Å²) in [7, 11) is 2.98. The minimum atomic E-state index is -0.445. The van der Waals surface area contributed by atoms with Gasteiger partial charge in [0.1, 0.15) is 0 Å². The first kappa shape index (κ1) is 23.6. The molecule has 0 saturated carbocycles. The van der Waals surface area contributed by atoms with Crippen molar-refractivity contribution in [1.29, 1.82) is 0 Å². The highest BCUT2D eigenvalue weighted by atomic mass is 16.2. The first-order valence-corrected chi connectivity index (χ1v) is 11.0. The van der Waals surface area contributed by atoms with Crippen LogP contribution in [-0.2, 0) is 32.0 Å². The maximum absolute atomic E-state index is 12.5. The van der Waals surface area contributed by atoms with Crippen molar-refractivity contribution < 1.29 is 9.59 Å². The van der Waals surface area contributed by atoms with E-state index >= 15 is 0 Å². The number of carbonyl (C=O) groups excluding carboxylic acids is 2. The van der Waals surface area contributed by atoms with E-state index in [2.05, 4.69) is 20.6 Å². The Kier molecular flexibility index (Phi) is 6.86. The van der Waals surface area contributed by atoms with Crippen LogP contribution in [0.4, 0.5) is 5.69 Å². The quantitative estimate of drug-likeness (QED) is 0.393. The molecule has 0 atom stereocenters. The Morgan fingerprint density at radius 2 is 1.83 bits per heavy atom. The molecule has 3 aromatic heterocycles. The molecule has 4 aromatic rings. The summed E-state index contributed by atoms with van der Waals surface area (Å²) >= 11 is 0. The second-order valence-electron chi connectivity index (χ2n) is 8.05. The summed E-state index contributed by atoms with van der Waals surface area (Å²) in [5.74, 6) is -0.490. The zero-order chi connectivity index (χ0) is 24.9. The van der Waals surface area contributed by atoms with Gasteiger partial charge in [-0.1, -0.05) is 12.1 Å². The van der Waals surface area contributed by atoms with Crippen LogP contribution in [0.3, 0.4) is 0 Å². The smallest absolute Gasteiger partial charge is 0.332 e. The predicted octanol–water partition coefficient (Wildman–Crippen LogP) is 1.18. The minimum Gasteiger partial charge on any atom is -0.346 e. The Morgan fingerprint density at radius 1 is 1.00 bits per heavy atom. The maximum Gasteiger partial charge on any atom is 0.332 e. The first-order chi connectivity index (χ1) is 16.8. The Morgan fingerprint density at radius 3 is 2.60 bits per heavy atom. The van der Waals surface area contributed by atoms with Crippen molar-refractivity contribution in [3.8, 4) is 0 Å². The number of pyridine rings is 1. The molecule has 0 radical (unpaired) electrons. The Balaban J connectivity index is 1.34. The number of hydrogen-bond donors (Lipinski definition) is 2. The number of amides is 2. The van der Waals surface area contributed by atoms with Gasteiger partial charge >= 0.3 is 5.69 Å². The molecule has 35 heavy (non-hydrogen) atoms. The number of fused-ring (bicyclic) bond motifs is 1. The van der Waals surface area contributed by atoms with Gasteiger partial charge < -0.3 is 15.2 Å². The molecule has 1 aromatic carbocycles. The standard InChI is InChI=1S/C24H25N7O4/c1-29-21-20(23(34)30(2)24(29)35)31(15-27-21)12-6-10-19(32)28-17-9-5-7-16(13-17)22(33)26-14-18-8-3-4-11-25-18/h3-5,7-9,11,13,15H,6,10,12,14H2,1-2H3,(H,26,33)(H,28,32). The average molecular weight is 476 g/mol. The fraction of sp³-hybridized carbons (Fsp3) is 0.250. The lowest BCUT2D eigenvalue weighted by Crippen LogP contribution is -2.37. The molecule has 2 N–H and O–H groups in total. The van der Waals surface area contributed by atoms with Crippen molar-refractivity contribution in [1.82, 2.24) is 29.0 Å². The van der Waals surface area contributed by atoms with Crippen molar-refractivity contribution in [2.45, 2.75) is 25.9 Å². The Hall–Kier alpha value is -4.54. The van der Waals surface area contributed by atoms with E-state index in [0.29, 0.717) is 41.9 Å². The number of anilines is 1. The number of rotatable bonds is 8. The van der Waals surface area contributed by atoms with E-state index < -0.39 is 11.2 Å². The summed E-state index contributed by atoms with van der Waals surface area (Å²) in [6.07, 6.45) is 3.81. The van der Waals surface area contributed by atoms with Crippen molar-refractivity contribution in [2.24, 2.45) is 14.1 Å². The molecule has 0 aliphatic rings. The summed E-state index contributed by atoms with van der Waals surface area (Å²) in [6.45, 7) is 0.684. The van der Waals surface area contributed by atoms with Crippen molar-refractivity contribution in [3.63, 3.8) is 0 Å². The van der Waals surface area contributed by atoms with Crippen LogP contribution in [0.15, 0.2) is 64.6 Å². The van der Waals surface area contributed by atoms with E-state index in [1.807, 2.05) is 12.1 Å². The van der Waals surface area contributed by atoms with Gasteiger partial charge in [-0.2, -0.15) is 0 Å². The number of imidazole rings is 1. The molecule has 4 rings (SSSR count). The molecule has 11 nitrogen and oxygen atoms in total. The van der Waals surface area contributed by atoms with E-state index in [1.54, 1.807) is 48.1 Å². The van der Waals surface area contributed by atoms with Crippen molar-refractivity contribution in [3.05, 3.63) is 87.1 Å². The third-order valence-electron chi connectivity index (χ3n) is 5.58. The Labute approximate surface area is 200 Å². The summed E-state index contributed by atoms with van der Waals surface area (Å²) in [5, 5.41) is 5.60. The highest BCUT2D eigenvalue weighted by molar-refractivity contribution is 5.97. The highest BCUT2D eigenvalue weighted by Gasteiger charge is 2.14. The molecule has 11 heteroatoms. The second-order valence-corrected chi connectivity index (χ2v) is 8.05. The fourth-order valence-electron chi connectivity index (χ4n) is 3.71.